The number of aromatic nitrogens is 1. The molecule has 2 aromatic rings. The number of hydrogen-bond acceptors (Lipinski definition) is 5. The molecule has 1 spiro atoms. The van der Waals surface area contributed by atoms with Crippen LogP contribution in [0.4, 0.5) is 0 Å². The molecule has 2 fully saturated rings. The smallest absolute Gasteiger partial charge is 0.126 e. The van der Waals surface area contributed by atoms with Gasteiger partial charge in [-0.2, -0.15) is 0 Å². The molecule has 0 bridgehead atoms. The van der Waals surface area contributed by atoms with Crippen molar-refractivity contribution in [1.82, 2.24) is 9.88 Å². The Kier molecular flexibility index (Phi) is 3.36. The molecule has 0 amide bonds. The van der Waals surface area contributed by atoms with E-state index in [1.807, 2.05) is 6.07 Å². The third-order valence-corrected chi connectivity index (χ3v) is 6.00. The van der Waals surface area contributed by atoms with Gasteiger partial charge in [-0.1, -0.05) is 12.8 Å². The fourth-order valence-electron chi connectivity index (χ4n) is 3.95. The van der Waals surface area contributed by atoms with E-state index in [-0.39, 0.29) is 11.6 Å². The summed E-state index contributed by atoms with van der Waals surface area (Å²) in [6, 6.07) is 1.95. The highest BCUT2D eigenvalue weighted by atomic mass is 32.1. The predicted octanol–water partition coefficient (Wildman–Crippen LogP) is 3.28. The van der Waals surface area contributed by atoms with Gasteiger partial charge in [0.15, 0.2) is 0 Å². The molecule has 4 nitrogen and oxygen atoms in total. The van der Waals surface area contributed by atoms with Crippen LogP contribution in [0, 0.1) is 0 Å². The van der Waals surface area contributed by atoms with E-state index in [0.29, 0.717) is 0 Å². The fourth-order valence-corrected chi connectivity index (χ4v) is 4.74. The molecule has 5 heteroatoms. The molecule has 0 radical (unpaired) electrons. The third kappa shape index (κ3) is 2.24. The number of nitrogens with zero attached hydrogens (tertiary/aromatic N) is 2. The van der Waals surface area contributed by atoms with Gasteiger partial charge in [0.05, 0.1) is 18.1 Å². The second kappa shape index (κ2) is 5.23. The molecule has 0 unspecified atom stereocenters. The summed E-state index contributed by atoms with van der Waals surface area (Å²) in [4.78, 5) is 7.20. The summed E-state index contributed by atoms with van der Waals surface area (Å²) in [7, 11) is 0. The van der Waals surface area contributed by atoms with E-state index in [1.165, 1.54) is 12.8 Å². The first-order valence-electron chi connectivity index (χ1n) is 7.68. The Labute approximate surface area is 128 Å². The minimum Gasteiger partial charge on any atom is -0.472 e. The molecule has 1 atom stereocenters. The first-order chi connectivity index (χ1) is 10.3. The van der Waals surface area contributed by atoms with Crippen molar-refractivity contribution < 1.29 is 9.52 Å². The fraction of sp³-hybridized carbons (Fsp3) is 0.562. The van der Waals surface area contributed by atoms with Crippen molar-refractivity contribution in [3.63, 3.8) is 0 Å². The molecule has 0 aromatic carbocycles. The van der Waals surface area contributed by atoms with E-state index < -0.39 is 0 Å². The van der Waals surface area contributed by atoms with E-state index >= 15 is 0 Å². The molecule has 1 N–H and O–H groups in total. The minimum absolute atomic E-state index is 0.0272. The summed E-state index contributed by atoms with van der Waals surface area (Å²) < 4.78 is 5.12. The lowest BCUT2D eigenvalue weighted by Crippen LogP contribution is -2.47. The second-order valence-electron chi connectivity index (χ2n) is 6.19. The Morgan fingerprint density at radius 2 is 2.29 bits per heavy atom. The van der Waals surface area contributed by atoms with Gasteiger partial charge in [0.2, 0.25) is 0 Å². The normalized spacial score (nSPS) is 25.1. The molecule has 2 aromatic heterocycles. The quantitative estimate of drug-likeness (QED) is 0.945. The number of rotatable bonds is 3. The maximum absolute atomic E-state index is 10.4. The van der Waals surface area contributed by atoms with Gasteiger partial charge < -0.3 is 9.52 Å². The van der Waals surface area contributed by atoms with Crippen LogP contribution in [-0.2, 0) is 6.54 Å². The summed E-state index contributed by atoms with van der Waals surface area (Å²) >= 11 is 1.66. The summed E-state index contributed by atoms with van der Waals surface area (Å²) in [6.45, 7) is 1.84. The molecule has 3 heterocycles. The molecule has 21 heavy (non-hydrogen) atoms. The Hall–Kier alpha value is -1.17. The molecular formula is C16H20N2O2S. The van der Waals surface area contributed by atoms with Crippen LogP contribution in [0.3, 0.4) is 0 Å². The average molecular weight is 304 g/mol. The third-order valence-electron chi connectivity index (χ3n) is 5.06. The largest absolute Gasteiger partial charge is 0.472 e. The van der Waals surface area contributed by atoms with Crippen LogP contribution in [0.15, 0.2) is 28.4 Å². The molecule has 1 saturated carbocycles. The van der Waals surface area contributed by atoms with E-state index in [4.69, 9.17) is 9.40 Å². The predicted molar refractivity (Wildman–Crippen MR) is 82.0 cm³/mol. The zero-order chi connectivity index (χ0) is 14.3. The highest BCUT2D eigenvalue weighted by molar-refractivity contribution is 7.13. The number of furan rings is 1. The van der Waals surface area contributed by atoms with E-state index in [2.05, 4.69) is 10.3 Å². The van der Waals surface area contributed by atoms with Crippen LogP contribution < -0.4 is 0 Å². The standard InChI is InChI=1S/C16H20N2O2S/c19-14-3-7-18(16(14)5-1-2-6-16)9-13-11-21-15(17-13)12-4-8-20-10-12/h4,8,10-11,14,19H,1-3,5-7,9H2/t14-/m0/s1. The van der Waals surface area contributed by atoms with Gasteiger partial charge in [0.25, 0.3) is 0 Å². The van der Waals surface area contributed by atoms with Gasteiger partial charge in [-0.25, -0.2) is 4.98 Å². The number of hydrogen-bond donors (Lipinski definition) is 1. The number of likely N-dealkylation sites (tertiary alicyclic amines) is 1. The number of thiazole rings is 1. The van der Waals surface area contributed by atoms with Crippen molar-refractivity contribution in [1.29, 1.82) is 0 Å². The molecule has 1 saturated heterocycles. The molecule has 2 aliphatic rings. The van der Waals surface area contributed by atoms with Crippen LogP contribution in [0.5, 0.6) is 0 Å². The van der Waals surface area contributed by atoms with Gasteiger partial charge in [-0.15, -0.1) is 11.3 Å². The molecular weight excluding hydrogens is 284 g/mol. The minimum atomic E-state index is -0.160. The summed E-state index contributed by atoms with van der Waals surface area (Å²) in [5.41, 5.74) is 2.18. The lowest BCUT2D eigenvalue weighted by atomic mass is 9.91. The Balaban J connectivity index is 1.53. The van der Waals surface area contributed by atoms with E-state index in [1.54, 1.807) is 23.9 Å². The van der Waals surface area contributed by atoms with Crippen LogP contribution in [0.2, 0.25) is 0 Å². The van der Waals surface area contributed by atoms with E-state index in [0.717, 1.165) is 48.6 Å². The van der Waals surface area contributed by atoms with Gasteiger partial charge in [0, 0.05) is 29.6 Å². The lowest BCUT2D eigenvalue weighted by Gasteiger charge is -2.37. The summed E-state index contributed by atoms with van der Waals surface area (Å²) in [6.07, 6.45) is 8.91. The molecule has 1 aliphatic carbocycles. The molecule has 1 aliphatic heterocycles. The van der Waals surface area contributed by atoms with Gasteiger partial charge in [-0.05, 0) is 25.3 Å². The lowest BCUT2D eigenvalue weighted by molar-refractivity contribution is 0.0273. The van der Waals surface area contributed by atoms with Crippen molar-refractivity contribution >= 4 is 11.3 Å². The van der Waals surface area contributed by atoms with Crippen molar-refractivity contribution in [3.05, 3.63) is 29.7 Å². The maximum Gasteiger partial charge on any atom is 0.126 e. The molecule has 4 rings (SSSR count). The van der Waals surface area contributed by atoms with Crippen molar-refractivity contribution in [2.45, 2.75) is 50.3 Å². The van der Waals surface area contributed by atoms with Crippen molar-refractivity contribution in [2.75, 3.05) is 6.54 Å². The van der Waals surface area contributed by atoms with Crippen LogP contribution >= 0.6 is 11.3 Å². The highest BCUT2D eigenvalue weighted by Gasteiger charge is 2.49. The maximum atomic E-state index is 10.4. The van der Waals surface area contributed by atoms with E-state index in [9.17, 15) is 5.11 Å². The van der Waals surface area contributed by atoms with Gasteiger partial charge in [0.1, 0.15) is 11.3 Å². The first kappa shape index (κ1) is 13.5. The highest BCUT2D eigenvalue weighted by Crippen LogP contribution is 2.44. The number of aliphatic hydroxyl groups excluding tert-OH is 1. The Bertz CT molecular complexity index is 602. The molecule has 112 valence electrons. The monoisotopic (exact) mass is 304 g/mol. The zero-order valence-corrected chi connectivity index (χ0v) is 12.8. The van der Waals surface area contributed by atoms with Crippen LogP contribution in [0.1, 0.15) is 37.8 Å². The number of aliphatic hydroxyl groups is 1. The Morgan fingerprint density at radius 3 is 3.05 bits per heavy atom. The van der Waals surface area contributed by atoms with Crippen LogP contribution in [-0.4, -0.2) is 33.2 Å². The van der Waals surface area contributed by atoms with Crippen molar-refractivity contribution in [2.24, 2.45) is 0 Å². The summed E-state index contributed by atoms with van der Waals surface area (Å²) in [5, 5.41) is 13.6. The first-order valence-corrected chi connectivity index (χ1v) is 8.56. The average Bonchev–Trinajstić information content (AvgIpc) is 3.26. The summed E-state index contributed by atoms with van der Waals surface area (Å²) in [5.74, 6) is 0. The van der Waals surface area contributed by atoms with Crippen molar-refractivity contribution in [3.8, 4) is 10.6 Å². The topological polar surface area (TPSA) is 49.5 Å². The zero-order valence-electron chi connectivity index (χ0n) is 12.0. The second-order valence-corrected chi connectivity index (χ2v) is 7.05. The van der Waals surface area contributed by atoms with Gasteiger partial charge in [-0.3, -0.25) is 4.90 Å². The SMILES string of the molecule is O[C@H]1CCN(Cc2csc(-c3ccoc3)n2)C12CCCC2. The Morgan fingerprint density at radius 1 is 1.43 bits per heavy atom. The van der Waals surface area contributed by atoms with Crippen LogP contribution in [0.25, 0.3) is 10.6 Å². The van der Waals surface area contributed by atoms with Gasteiger partial charge >= 0.3 is 0 Å².